The first kappa shape index (κ1) is 15.3. The van der Waals surface area contributed by atoms with Gasteiger partial charge in [0, 0.05) is 24.1 Å². The molecule has 1 aromatic heterocycles. The lowest BCUT2D eigenvalue weighted by Gasteiger charge is -2.02. The molecule has 122 valence electrons. The molecule has 0 bridgehead atoms. The van der Waals surface area contributed by atoms with Gasteiger partial charge in [0.2, 0.25) is 6.79 Å². The third-order valence-corrected chi connectivity index (χ3v) is 5.73. The molecule has 0 unspecified atom stereocenters. The highest BCUT2D eigenvalue weighted by molar-refractivity contribution is 7.98. The van der Waals surface area contributed by atoms with Crippen LogP contribution in [0, 0.1) is 0 Å². The largest absolute Gasteiger partial charge is 0.454 e. The summed E-state index contributed by atoms with van der Waals surface area (Å²) in [5.74, 6) is 1.22. The van der Waals surface area contributed by atoms with Crippen molar-refractivity contribution >= 4 is 39.2 Å². The number of aromatic nitrogens is 1. The van der Waals surface area contributed by atoms with Gasteiger partial charge in [-0.2, -0.15) is 4.99 Å². The van der Waals surface area contributed by atoms with Crippen molar-refractivity contribution in [1.29, 1.82) is 0 Å². The first-order valence-electron chi connectivity index (χ1n) is 7.28. The highest BCUT2D eigenvalue weighted by Gasteiger charge is 2.17. The average Bonchev–Trinajstić information content (AvgIpc) is 3.17. The van der Waals surface area contributed by atoms with E-state index in [2.05, 4.69) is 4.99 Å². The number of carbonyl (C=O) groups excluding carboxylic acids is 1. The number of hydrogen-bond acceptors (Lipinski definition) is 5. The SMILES string of the molecule is CSc1ccccc1C(=O)N=c1sc2cc3c(cc2n1C)OCO3. The molecule has 2 heterocycles. The first-order chi connectivity index (χ1) is 11.7. The smallest absolute Gasteiger partial charge is 0.280 e. The predicted molar refractivity (Wildman–Crippen MR) is 95.0 cm³/mol. The van der Waals surface area contributed by atoms with Crippen LogP contribution in [0.3, 0.4) is 0 Å². The third kappa shape index (κ3) is 2.50. The standard InChI is InChI=1S/C17H14N2O3S2/c1-19-11-7-12-13(22-9-21-12)8-15(11)24-17(19)18-16(20)10-5-3-4-6-14(10)23-2/h3-8H,9H2,1-2H3. The number of hydrogen-bond donors (Lipinski definition) is 0. The Morgan fingerprint density at radius 2 is 2.00 bits per heavy atom. The molecule has 0 aliphatic carbocycles. The lowest BCUT2D eigenvalue weighted by Crippen LogP contribution is -2.13. The molecule has 5 nitrogen and oxygen atoms in total. The van der Waals surface area contributed by atoms with Gasteiger partial charge < -0.3 is 14.0 Å². The van der Waals surface area contributed by atoms with Gasteiger partial charge in [-0.3, -0.25) is 4.79 Å². The van der Waals surface area contributed by atoms with Crippen LogP contribution in [-0.2, 0) is 7.05 Å². The van der Waals surface area contributed by atoms with E-state index in [9.17, 15) is 4.79 Å². The second kappa shape index (κ2) is 5.99. The quantitative estimate of drug-likeness (QED) is 0.659. The molecule has 3 aromatic rings. The number of thiazole rings is 1. The van der Waals surface area contributed by atoms with E-state index in [-0.39, 0.29) is 12.7 Å². The van der Waals surface area contributed by atoms with E-state index in [4.69, 9.17) is 9.47 Å². The summed E-state index contributed by atoms with van der Waals surface area (Å²) in [4.78, 5) is 18.5. The minimum atomic E-state index is -0.234. The van der Waals surface area contributed by atoms with Gasteiger partial charge in [-0.05, 0) is 18.4 Å². The van der Waals surface area contributed by atoms with E-state index in [1.807, 2.05) is 48.2 Å². The second-order valence-electron chi connectivity index (χ2n) is 5.23. The van der Waals surface area contributed by atoms with E-state index in [0.29, 0.717) is 10.4 Å². The second-order valence-corrected chi connectivity index (χ2v) is 7.09. The van der Waals surface area contributed by atoms with Crippen LogP contribution in [0.15, 0.2) is 46.3 Å². The fraction of sp³-hybridized carbons (Fsp3) is 0.176. The molecule has 1 amide bonds. The third-order valence-electron chi connectivity index (χ3n) is 3.84. The zero-order valence-electron chi connectivity index (χ0n) is 13.1. The number of carbonyl (C=O) groups is 1. The predicted octanol–water partition coefficient (Wildman–Crippen LogP) is 3.43. The summed E-state index contributed by atoms with van der Waals surface area (Å²) in [5, 5.41) is 0. The van der Waals surface area contributed by atoms with Gasteiger partial charge in [0.1, 0.15) is 0 Å². The molecule has 0 saturated heterocycles. The first-order valence-corrected chi connectivity index (χ1v) is 9.33. The molecule has 7 heteroatoms. The van der Waals surface area contributed by atoms with Crippen LogP contribution in [0.5, 0.6) is 11.5 Å². The van der Waals surface area contributed by atoms with Gasteiger partial charge in [-0.25, -0.2) is 0 Å². The van der Waals surface area contributed by atoms with Crippen LogP contribution < -0.4 is 14.3 Å². The zero-order valence-corrected chi connectivity index (χ0v) is 14.7. The Morgan fingerprint density at radius 1 is 1.25 bits per heavy atom. The van der Waals surface area contributed by atoms with Crippen molar-refractivity contribution in [3.63, 3.8) is 0 Å². The molecular weight excluding hydrogens is 344 g/mol. The minimum Gasteiger partial charge on any atom is -0.454 e. The number of thioether (sulfide) groups is 1. The minimum absolute atomic E-state index is 0.234. The Hall–Kier alpha value is -2.25. The normalized spacial score (nSPS) is 13.7. The van der Waals surface area contributed by atoms with E-state index in [0.717, 1.165) is 26.6 Å². The summed E-state index contributed by atoms with van der Waals surface area (Å²) in [7, 11) is 1.90. The molecule has 1 aliphatic heterocycles. The molecule has 24 heavy (non-hydrogen) atoms. The van der Waals surface area contributed by atoms with Crippen LogP contribution in [0.2, 0.25) is 0 Å². The average molecular weight is 358 g/mol. The lowest BCUT2D eigenvalue weighted by atomic mass is 10.2. The van der Waals surface area contributed by atoms with Crippen LogP contribution in [0.25, 0.3) is 10.2 Å². The Morgan fingerprint density at radius 3 is 2.79 bits per heavy atom. The fourth-order valence-electron chi connectivity index (χ4n) is 2.59. The monoisotopic (exact) mass is 358 g/mol. The maximum absolute atomic E-state index is 12.6. The Labute approximate surface area is 146 Å². The molecule has 0 fully saturated rings. The molecule has 0 radical (unpaired) electrons. The molecule has 2 aromatic carbocycles. The topological polar surface area (TPSA) is 52.8 Å². The zero-order chi connectivity index (χ0) is 16.7. The summed E-state index contributed by atoms with van der Waals surface area (Å²) in [6.45, 7) is 0.248. The van der Waals surface area contributed by atoms with Crippen molar-refractivity contribution in [3.05, 3.63) is 46.8 Å². The van der Waals surface area contributed by atoms with E-state index >= 15 is 0 Å². The van der Waals surface area contributed by atoms with Gasteiger partial charge in [0.25, 0.3) is 5.91 Å². The maximum Gasteiger partial charge on any atom is 0.280 e. The molecule has 4 rings (SSSR count). The van der Waals surface area contributed by atoms with Gasteiger partial charge in [0.05, 0.1) is 15.8 Å². The van der Waals surface area contributed by atoms with Crippen molar-refractivity contribution in [3.8, 4) is 11.5 Å². The maximum atomic E-state index is 12.6. The number of benzene rings is 2. The highest BCUT2D eigenvalue weighted by atomic mass is 32.2. The summed E-state index contributed by atoms with van der Waals surface area (Å²) < 4.78 is 13.7. The summed E-state index contributed by atoms with van der Waals surface area (Å²) in [5.41, 5.74) is 1.59. The number of nitrogens with zero attached hydrogens (tertiary/aromatic N) is 2. The van der Waals surface area contributed by atoms with E-state index in [1.165, 1.54) is 11.3 Å². The number of amides is 1. The van der Waals surface area contributed by atoms with E-state index < -0.39 is 0 Å². The van der Waals surface area contributed by atoms with Crippen LogP contribution in [-0.4, -0.2) is 23.5 Å². The van der Waals surface area contributed by atoms with Crippen LogP contribution in [0.4, 0.5) is 0 Å². The summed E-state index contributed by atoms with van der Waals surface area (Å²) in [6, 6.07) is 11.4. The van der Waals surface area contributed by atoms with Crippen molar-refractivity contribution in [2.45, 2.75) is 4.90 Å². The number of rotatable bonds is 2. The van der Waals surface area contributed by atoms with Gasteiger partial charge in [0.15, 0.2) is 16.3 Å². The lowest BCUT2D eigenvalue weighted by molar-refractivity contribution is 0.0995. The van der Waals surface area contributed by atoms with Crippen molar-refractivity contribution in [1.82, 2.24) is 4.57 Å². The number of fused-ring (bicyclic) bond motifs is 2. The molecule has 0 atom stereocenters. The van der Waals surface area contributed by atoms with Gasteiger partial charge >= 0.3 is 0 Å². The molecular formula is C17H14N2O3S2. The van der Waals surface area contributed by atoms with Crippen LogP contribution in [0.1, 0.15) is 10.4 Å². The molecule has 0 N–H and O–H groups in total. The van der Waals surface area contributed by atoms with Crippen molar-refractivity contribution in [2.75, 3.05) is 13.0 Å². The number of ether oxygens (including phenoxy) is 2. The highest BCUT2D eigenvalue weighted by Crippen LogP contribution is 2.36. The summed E-state index contributed by atoms with van der Waals surface area (Å²) >= 11 is 3.00. The molecule has 0 saturated carbocycles. The van der Waals surface area contributed by atoms with Crippen LogP contribution >= 0.6 is 23.1 Å². The van der Waals surface area contributed by atoms with Gasteiger partial charge in [-0.1, -0.05) is 23.5 Å². The molecule has 0 spiro atoms. The molecule has 1 aliphatic rings. The summed E-state index contributed by atoms with van der Waals surface area (Å²) in [6.07, 6.45) is 1.95. The Balaban J connectivity index is 1.82. The van der Waals surface area contributed by atoms with Gasteiger partial charge in [-0.15, -0.1) is 11.8 Å². The Bertz CT molecular complexity index is 1020. The van der Waals surface area contributed by atoms with E-state index in [1.54, 1.807) is 17.8 Å². The van der Waals surface area contributed by atoms with Crippen molar-refractivity contribution in [2.24, 2.45) is 12.0 Å². The fourth-order valence-corrected chi connectivity index (χ4v) is 4.21. The number of aryl methyl sites for hydroxylation is 1. The van der Waals surface area contributed by atoms with Crippen molar-refractivity contribution < 1.29 is 14.3 Å². The Kier molecular flexibility index (Phi) is 3.82.